The van der Waals surface area contributed by atoms with E-state index in [2.05, 4.69) is 11.5 Å². The van der Waals surface area contributed by atoms with E-state index in [4.69, 9.17) is 9.47 Å². The molecule has 1 atom stereocenters. The lowest BCUT2D eigenvalue weighted by atomic mass is 10.2. The van der Waals surface area contributed by atoms with Crippen molar-refractivity contribution in [2.75, 3.05) is 39.8 Å². The summed E-state index contributed by atoms with van der Waals surface area (Å²) in [4.78, 5) is 16.6. The molecule has 0 aliphatic carbocycles. The van der Waals surface area contributed by atoms with Crippen LogP contribution in [0, 0.1) is 0 Å². The molecule has 0 radical (unpaired) electrons. The maximum atomic E-state index is 12.5. The minimum absolute atomic E-state index is 0.0177. The topological polar surface area (TPSA) is 42.0 Å². The highest BCUT2D eigenvalue weighted by atomic mass is 16.5. The Balaban J connectivity index is 1.91. The summed E-state index contributed by atoms with van der Waals surface area (Å²) in [6.07, 6.45) is 1.37. The molecule has 22 heavy (non-hydrogen) atoms. The van der Waals surface area contributed by atoms with Crippen LogP contribution < -0.4 is 9.47 Å². The van der Waals surface area contributed by atoms with Crippen LogP contribution in [0.25, 0.3) is 0 Å². The smallest absolute Gasteiger partial charge is 0.263 e. The fraction of sp³-hybridized carbons (Fsp3) is 0.471. The Hall–Kier alpha value is -2.01. The molecule has 1 aromatic carbocycles. The number of nitrogens with zero attached hydrogens (tertiary/aromatic N) is 2. The Labute approximate surface area is 132 Å². The van der Waals surface area contributed by atoms with Crippen molar-refractivity contribution in [2.24, 2.45) is 0 Å². The Morgan fingerprint density at radius 1 is 1.27 bits per heavy atom. The summed E-state index contributed by atoms with van der Waals surface area (Å²) in [5.74, 6) is 1.25. The highest BCUT2D eigenvalue weighted by Gasteiger charge is 2.26. The number of hydrogen-bond acceptors (Lipinski definition) is 4. The van der Waals surface area contributed by atoms with Gasteiger partial charge in [0.05, 0.1) is 7.11 Å². The number of hydrogen-bond donors (Lipinski definition) is 0. The molecule has 0 saturated carbocycles. The molecule has 1 aromatic rings. The van der Waals surface area contributed by atoms with Crippen molar-refractivity contribution in [1.82, 2.24) is 9.80 Å². The third-order valence-electron chi connectivity index (χ3n) is 3.79. The van der Waals surface area contributed by atoms with E-state index in [0.717, 1.165) is 32.7 Å². The largest absolute Gasteiger partial charge is 0.493 e. The van der Waals surface area contributed by atoms with Gasteiger partial charge in [0.25, 0.3) is 5.91 Å². The molecule has 0 spiro atoms. The Morgan fingerprint density at radius 3 is 2.50 bits per heavy atom. The number of carbonyl (C=O) groups excluding carboxylic acids is 1. The van der Waals surface area contributed by atoms with E-state index in [0.29, 0.717) is 11.5 Å². The van der Waals surface area contributed by atoms with E-state index in [9.17, 15) is 4.79 Å². The zero-order chi connectivity index (χ0) is 15.9. The first kappa shape index (κ1) is 16.4. The van der Waals surface area contributed by atoms with Gasteiger partial charge in [-0.15, -0.1) is 6.58 Å². The quantitative estimate of drug-likeness (QED) is 0.752. The molecule has 1 fully saturated rings. The van der Waals surface area contributed by atoms with Crippen molar-refractivity contribution in [1.29, 1.82) is 0 Å². The molecule has 120 valence electrons. The van der Waals surface area contributed by atoms with E-state index < -0.39 is 6.10 Å². The number of ether oxygens (including phenoxy) is 2. The van der Waals surface area contributed by atoms with E-state index in [1.54, 1.807) is 14.0 Å². The van der Waals surface area contributed by atoms with Gasteiger partial charge in [-0.3, -0.25) is 9.69 Å². The van der Waals surface area contributed by atoms with Crippen molar-refractivity contribution in [3.63, 3.8) is 0 Å². The van der Waals surface area contributed by atoms with Crippen LogP contribution in [0.5, 0.6) is 11.5 Å². The predicted molar refractivity (Wildman–Crippen MR) is 86.3 cm³/mol. The summed E-state index contributed by atoms with van der Waals surface area (Å²) in [5.41, 5.74) is 0. The number of amides is 1. The first-order chi connectivity index (χ1) is 10.7. The van der Waals surface area contributed by atoms with Gasteiger partial charge in [0, 0.05) is 32.7 Å². The van der Waals surface area contributed by atoms with Gasteiger partial charge in [-0.25, -0.2) is 0 Å². The summed E-state index contributed by atoms with van der Waals surface area (Å²) < 4.78 is 11.0. The van der Waals surface area contributed by atoms with Crippen molar-refractivity contribution in [3.05, 3.63) is 36.9 Å². The lowest BCUT2D eigenvalue weighted by Crippen LogP contribution is -2.51. The standard InChI is InChI=1S/C17H24N2O3/c1-4-9-18-10-12-19(13-11-18)17(20)14(2)22-16-8-6-5-7-15(16)21-3/h4-8,14H,1,9-13H2,2-3H3/t14-/m1/s1. The van der Waals surface area contributed by atoms with Crippen molar-refractivity contribution >= 4 is 5.91 Å². The van der Waals surface area contributed by atoms with Gasteiger partial charge >= 0.3 is 0 Å². The maximum Gasteiger partial charge on any atom is 0.263 e. The third kappa shape index (κ3) is 4.01. The SMILES string of the molecule is C=CCN1CCN(C(=O)[C@@H](C)Oc2ccccc2OC)CC1. The van der Waals surface area contributed by atoms with Gasteiger partial charge in [0.2, 0.25) is 0 Å². The van der Waals surface area contributed by atoms with Crippen molar-refractivity contribution < 1.29 is 14.3 Å². The molecule has 5 heteroatoms. The van der Waals surface area contributed by atoms with Crippen molar-refractivity contribution in [3.8, 4) is 11.5 Å². The third-order valence-corrected chi connectivity index (χ3v) is 3.79. The number of rotatable bonds is 6. The fourth-order valence-corrected chi connectivity index (χ4v) is 2.55. The predicted octanol–water partition coefficient (Wildman–Crippen LogP) is 1.79. The number of methoxy groups -OCH3 is 1. The minimum atomic E-state index is -0.526. The van der Waals surface area contributed by atoms with Gasteiger partial charge in [-0.1, -0.05) is 18.2 Å². The molecule has 1 aliphatic heterocycles. The van der Waals surface area contributed by atoms with E-state index in [-0.39, 0.29) is 5.91 Å². The number of para-hydroxylation sites is 2. The van der Waals surface area contributed by atoms with Gasteiger partial charge in [0.15, 0.2) is 17.6 Å². The summed E-state index contributed by atoms with van der Waals surface area (Å²) in [5, 5.41) is 0. The molecule has 2 rings (SSSR count). The van der Waals surface area contributed by atoms with Crippen molar-refractivity contribution in [2.45, 2.75) is 13.0 Å². The highest BCUT2D eigenvalue weighted by Crippen LogP contribution is 2.27. The molecule has 0 N–H and O–H groups in total. The second-order valence-corrected chi connectivity index (χ2v) is 5.33. The molecule has 5 nitrogen and oxygen atoms in total. The lowest BCUT2D eigenvalue weighted by molar-refractivity contribution is -0.139. The zero-order valence-corrected chi connectivity index (χ0v) is 13.3. The maximum absolute atomic E-state index is 12.5. The van der Waals surface area contributed by atoms with Gasteiger partial charge < -0.3 is 14.4 Å². The molecule has 1 amide bonds. The first-order valence-corrected chi connectivity index (χ1v) is 7.57. The Kier molecular flexibility index (Phi) is 5.83. The normalized spacial score (nSPS) is 16.9. The summed E-state index contributed by atoms with van der Waals surface area (Å²) >= 11 is 0. The number of carbonyl (C=O) groups is 1. The summed E-state index contributed by atoms with van der Waals surface area (Å²) in [7, 11) is 1.59. The Bertz CT molecular complexity index is 510. The molecule has 1 aliphatic rings. The number of benzene rings is 1. The van der Waals surface area contributed by atoms with Crippen LogP contribution in [0.1, 0.15) is 6.92 Å². The van der Waals surface area contributed by atoms with Crippen LogP contribution in [-0.2, 0) is 4.79 Å². The average molecular weight is 304 g/mol. The van der Waals surface area contributed by atoms with Crippen LogP contribution in [-0.4, -0.2) is 61.6 Å². The van der Waals surface area contributed by atoms with Crippen LogP contribution in [0.4, 0.5) is 0 Å². The van der Waals surface area contributed by atoms with Crippen LogP contribution in [0.15, 0.2) is 36.9 Å². The van der Waals surface area contributed by atoms with Crippen LogP contribution >= 0.6 is 0 Å². The summed E-state index contributed by atoms with van der Waals surface area (Å²) in [6.45, 7) is 9.60. The van der Waals surface area contributed by atoms with Crippen LogP contribution in [0.3, 0.4) is 0 Å². The molecule has 0 unspecified atom stereocenters. The molecule has 0 bridgehead atoms. The second kappa shape index (κ2) is 7.84. The molecule has 1 saturated heterocycles. The van der Waals surface area contributed by atoms with Gasteiger partial charge in [-0.2, -0.15) is 0 Å². The van der Waals surface area contributed by atoms with Gasteiger partial charge in [0.1, 0.15) is 0 Å². The van der Waals surface area contributed by atoms with Gasteiger partial charge in [-0.05, 0) is 19.1 Å². The molecule has 1 heterocycles. The van der Waals surface area contributed by atoms with E-state index in [1.807, 2.05) is 35.2 Å². The first-order valence-electron chi connectivity index (χ1n) is 7.57. The zero-order valence-electron chi connectivity index (χ0n) is 13.3. The fourth-order valence-electron chi connectivity index (χ4n) is 2.55. The van der Waals surface area contributed by atoms with E-state index in [1.165, 1.54) is 0 Å². The molecule has 0 aromatic heterocycles. The minimum Gasteiger partial charge on any atom is -0.493 e. The lowest BCUT2D eigenvalue weighted by Gasteiger charge is -2.35. The molecular weight excluding hydrogens is 280 g/mol. The molecular formula is C17H24N2O3. The second-order valence-electron chi connectivity index (χ2n) is 5.33. The summed E-state index contributed by atoms with van der Waals surface area (Å²) in [6, 6.07) is 7.37. The Morgan fingerprint density at radius 2 is 1.91 bits per heavy atom. The van der Waals surface area contributed by atoms with E-state index >= 15 is 0 Å². The highest BCUT2D eigenvalue weighted by molar-refractivity contribution is 5.81. The van der Waals surface area contributed by atoms with Crippen LogP contribution in [0.2, 0.25) is 0 Å². The monoisotopic (exact) mass is 304 g/mol. The number of piperazine rings is 1. The average Bonchev–Trinajstić information content (AvgIpc) is 2.55.